The van der Waals surface area contributed by atoms with Crippen molar-refractivity contribution in [3.63, 3.8) is 0 Å². The molecule has 0 fully saturated rings. The molecule has 0 aliphatic carbocycles. The van der Waals surface area contributed by atoms with Gasteiger partial charge in [-0.2, -0.15) is 0 Å². The molecule has 0 saturated carbocycles. The molecule has 0 aliphatic rings. The molecule has 4 nitrogen and oxygen atoms in total. The first-order chi connectivity index (χ1) is 9.70. The van der Waals surface area contributed by atoms with Crippen LogP contribution >= 0.6 is 0 Å². The van der Waals surface area contributed by atoms with Gasteiger partial charge in [0.15, 0.2) is 23.0 Å². The van der Waals surface area contributed by atoms with E-state index >= 15 is 0 Å². The molecule has 2 aromatic rings. The summed E-state index contributed by atoms with van der Waals surface area (Å²) in [5, 5.41) is 38.4. The Kier molecular flexibility index (Phi) is 3.73. The Morgan fingerprint density at radius 2 is 1.05 bits per heavy atom. The smallest absolute Gasteiger partial charge is 0.157 e. The number of hydrogen-bond donors (Lipinski definition) is 4. The first-order valence-corrected chi connectivity index (χ1v) is 6.74. The second kappa shape index (κ2) is 5.20. The summed E-state index contributed by atoms with van der Waals surface area (Å²) in [6.07, 6.45) is 0. The summed E-state index contributed by atoms with van der Waals surface area (Å²) in [5.74, 6) is -0.801. The fourth-order valence-electron chi connectivity index (χ4n) is 2.63. The predicted molar refractivity (Wildman–Crippen MR) is 80.8 cm³/mol. The maximum atomic E-state index is 9.72. The van der Waals surface area contributed by atoms with Crippen molar-refractivity contribution in [1.29, 1.82) is 0 Å². The van der Waals surface area contributed by atoms with Crippen LogP contribution in [-0.4, -0.2) is 20.4 Å². The Morgan fingerprint density at radius 1 is 0.667 bits per heavy atom. The number of phenols is 4. The van der Waals surface area contributed by atoms with Crippen LogP contribution in [0.1, 0.15) is 37.8 Å². The highest BCUT2D eigenvalue weighted by atomic mass is 16.3. The maximum absolute atomic E-state index is 9.72. The Balaban J connectivity index is 2.58. The molecule has 0 unspecified atom stereocenters. The van der Waals surface area contributed by atoms with Gasteiger partial charge in [0.05, 0.1) is 0 Å². The molecular weight excluding hydrogens is 268 g/mol. The Hall–Kier alpha value is -2.36. The van der Waals surface area contributed by atoms with Crippen molar-refractivity contribution < 1.29 is 20.4 Å². The van der Waals surface area contributed by atoms with Gasteiger partial charge >= 0.3 is 0 Å². The third-order valence-corrected chi connectivity index (χ3v) is 3.53. The largest absolute Gasteiger partial charge is 0.504 e. The zero-order chi connectivity index (χ0) is 15.8. The van der Waals surface area contributed by atoms with Crippen molar-refractivity contribution in [3.05, 3.63) is 47.5 Å². The molecule has 0 amide bonds. The summed E-state index contributed by atoms with van der Waals surface area (Å²) < 4.78 is 0. The van der Waals surface area contributed by atoms with Crippen LogP contribution < -0.4 is 0 Å². The third-order valence-electron chi connectivity index (χ3n) is 3.53. The minimum Gasteiger partial charge on any atom is -0.504 e. The second-order valence-corrected chi connectivity index (χ2v) is 6.30. The van der Waals surface area contributed by atoms with Crippen molar-refractivity contribution in [2.75, 3.05) is 0 Å². The van der Waals surface area contributed by atoms with Gasteiger partial charge in [0.2, 0.25) is 0 Å². The molecule has 2 aromatic carbocycles. The molecule has 0 radical (unpaired) electrons. The fraction of sp³-hybridized carbons (Fsp3) is 0.294. The SMILES string of the molecule is CC(C)(C)C(c1ccc(O)c(O)c1)c1ccc(O)c(O)c1. The third kappa shape index (κ3) is 3.05. The molecule has 0 heterocycles. The van der Waals surface area contributed by atoms with Crippen LogP contribution in [0.25, 0.3) is 0 Å². The van der Waals surface area contributed by atoms with Crippen molar-refractivity contribution in [1.82, 2.24) is 0 Å². The highest BCUT2D eigenvalue weighted by Gasteiger charge is 2.29. The molecule has 0 bridgehead atoms. The molecule has 0 aromatic heterocycles. The average molecular weight is 288 g/mol. The average Bonchev–Trinajstić information content (AvgIpc) is 2.37. The van der Waals surface area contributed by atoms with E-state index in [4.69, 9.17) is 0 Å². The van der Waals surface area contributed by atoms with E-state index in [1.54, 1.807) is 12.1 Å². The summed E-state index contributed by atoms with van der Waals surface area (Å²) in [6.45, 7) is 6.14. The highest BCUT2D eigenvalue weighted by molar-refractivity contribution is 5.48. The maximum Gasteiger partial charge on any atom is 0.157 e. The van der Waals surface area contributed by atoms with Gasteiger partial charge in [-0.05, 0) is 40.8 Å². The van der Waals surface area contributed by atoms with E-state index in [0.717, 1.165) is 11.1 Å². The van der Waals surface area contributed by atoms with Gasteiger partial charge in [0.1, 0.15) is 0 Å². The summed E-state index contributed by atoms with van der Waals surface area (Å²) >= 11 is 0. The normalized spacial score (nSPS) is 11.8. The molecule has 21 heavy (non-hydrogen) atoms. The van der Waals surface area contributed by atoms with Crippen LogP contribution in [0.5, 0.6) is 23.0 Å². The van der Waals surface area contributed by atoms with E-state index in [1.165, 1.54) is 24.3 Å². The lowest BCUT2D eigenvalue weighted by molar-refractivity contribution is 0.352. The highest BCUT2D eigenvalue weighted by Crippen LogP contribution is 2.44. The van der Waals surface area contributed by atoms with E-state index in [0.29, 0.717) is 0 Å². The molecular formula is C17H20O4. The fourth-order valence-corrected chi connectivity index (χ4v) is 2.63. The monoisotopic (exact) mass is 288 g/mol. The lowest BCUT2D eigenvalue weighted by atomic mass is 9.72. The molecule has 2 rings (SSSR count). The quantitative estimate of drug-likeness (QED) is 0.635. The lowest BCUT2D eigenvalue weighted by Gasteiger charge is -2.32. The molecule has 4 N–H and O–H groups in total. The van der Waals surface area contributed by atoms with E-state index in [9.17, 15) is 20.4 Å². The van der Waals surface area contributed by atoms with Crippen LogP contribution in [0.3, 0.4) is 0 Å². The Labute approximate surface area is 123 Å². The number of aromatic hydroxyl groups is 4. The zero-order valence-electron chi connectivity index (χ0n) is 12.3. The van der Waals surface area contributed by atoms with Crippen LogP contribution in [0.4, 0.5) is 0 Å². The summed E-state index contributed by atoms with van der Waals surface area (Å²) in [6, 6.07) is 9.43. The number of benzene rings is 2. The Morgan fingerprint density at radius 3 is 1.33 bits per heavy atom. The van der Waals surface area contributed by atoms with Gasteiger partial charge in [0.25, 0.3) is 0 Å². The standard InChI is InChI=1S/C17H20O4/c1-17(2,3)16(10-4-6-12(18)14(20)8-10)11-5-7-13(19)15(21)9-11/h4-9,16,18-21H,1-3H3. The number of phenolic OH excluding ortho intramolecular Hbond substituents is 4. The first-order valence-electron chi connectivity index (χ1n) is 6.74. The molecule has 0 saturated heterocycles. The molecule has 0 atom stereocenters. The molecule has 0 spiro atoms. The first kappa shape index (κ1) is 15.0. The van der Waals surface area contributed by atoms with Crippen LogP contribution in [0, 0.1) is 5.41 Å². The molecule has 112 valence electrons. The van der Waals surface area contributed by atoms with Gasteiger partial charge in [-0.3, -0.25) is 0 Å². The number of rotatable bonds is 2. The van der Waals surface area contributed by atoms with Gasteiger partial charge in [-0.1, -0.05) is 32.9 Å². The van der Waals surface area contributed by atoms with E-state index in [-0.39, 0.29) is 34.3 Å². The predicted octanol–water partition coefficient (Wildman–Crippen LogP) is 3.69. The number of hydrogen-bond acceptors (Lipinski definition) is 4. The zero-order valence-corrected chi connectivity index (χ0v) is 12.3. The van der Waals surface area contributed by atoms with Gasteiger partial charge in [0, 0.05) is 5.92 Å². The van der Waals surface area contributed by atoms with Crippen LogP contribution in [-0.2, 0) is 0 Å². The minimum absolute atomic E-state index is 0.115. The van der Waals surface area contributed by atoms with Crippen molar-refractivity contribution in [2.24, 2.45) is 5.41 Å². The second-order valence-electron chi connectivity index (χ2n) is 6.30. The lowest BCUT2D eigenvalue weighted by Crippen LogP contribution is -2.19. The molecule has 4 heteroatoms. The van der Waals surface area contributed by atoms with Gasteiger partial charge in [-0.15, -0.1) is 0 Å². The Bertz CT molecular complexity index is 605. The van der Waals surface area contributed by atoms with Gasteiger partial charge < -0.3 is 20.4 Å². The minimum atomic E-state index is -0.188. The van der Waals surface area contributed by atoms with Crippen LogP contribution in [0.2, 0.25) is 0 Å². The van der Waals surface area contributed by atoms with Gasteiger partial charge in [-0.25, -0.2) is 0 Å². The molecule has 0 aliphatic heterocycles. The van der Waals surface area contributed by atoms with Crippen molar-refractivity contribution >= 4 is 0 Å². The van der Waals surface area contributed by atoms with Crippen molar-refractivity contribution in [3.8, 4) is 23.0 Å². The summed E-state index contributed by atoms with van der Waals surface area (Å²) in [4.78, 5) is 0. The topological polar surface area (TPSA) is 80.9 Å². The van der Waals surface area contributed by atoms with E-state index in [1.807, 2.05) is 20.8 Å². The summed E-state index contributed by atoms with van der Waals surface area (Å²) in [5.41, 5.74) is 1.46. The van der Waals surface area contributed by atoms with E-state index in [2.05, 4.69) is 0 Å². The van der Waals surface area contributed by atoms with E-state index < -0.39 is 0 Å². The summed E-state index contributed by atoms with van der Waals surface area (Å²) in [7, 11) is 0. The van der Waals surface area contributed by atoms with Crippen molar-refractivity contribution in [2.45, 2.75) is 26.7 Å². The van der Waals surface area contributed by atoms with Crippen LogP contribution in [0.15, 0.2) is 36.4 Å².